The fraction of sp³-hybridized carbons (Fsp3) is 0.370. The van der Waals surface area contributed by atoms with Crippen LogP contribution in [0, 0.1) is 5.82 Å². The number of rotatable bonds is 11. The standard InChI is InChI=1S/C27H26F6N6O4/c1-26(2,42)15-10-34-22(35-11-15)18-8-14-5-7-39(24(41)17(14)9-19(18)28)6-3-4-16(13-43-25(29)30)37-20-12-36-38-23(40)21(20)27(31,32)33/h5,7-12,16,25,42H,3-4,6,13H2,1-2H3,(H2,37,38,40). The van der Waals surface area contributed by atoms with Gasteiger partial charge in [-0.2, -0.15) is 27.1 Å². The molecular weight excluding hydrogens is 586 g/mol. The Labute approximate surface area is 239 Å². The van der Waals surface area contributed by atoms with Gasteiger partial charge < -0.3 is 19.7 Å². The molecule has 1 atom stereocenters. The van der Waals surface area contributed by atoms with E-state index in [-0.39, 0.29) is 36.2 Å². The molecule has 10 nitrogen and oxygen atoms in total. The fourth-order valence-electron chi connectivity index (χ4n) is 4.34. The lowest BCUT2D eigenvalue weighted by atomic mass is 10.0. The molecule has 0 bridgehead atoms. The molecule has 1 unspecified atom stereocenters. The summed E-state index contributed by atoms with van der Waals surface area (Å²) in [5.41, 5.74) is -5.10. The lowest BCUT2D eigenvalue weighted by molar-refractivity contribution is -0.138. The molecule has 3 N–H and O–H groups in total. The van der Waals surface area contributed by atoms with E-state index in [1.165, 1.54) is 29.2 Å². The van der Waals surface area contributed by atoms with Gasteiger partial charge in [0.2, 0.25) is 0 Å². The van der Waals surface area contributed by atoms with Gasteiger partial charge in [0, 0.05) is 36.7 Å². The number of alkyl halides is 5. The number of ether oxygens (including phenoxy) is 1. The highest BCUT2D eigenvalue weighted by Gasteiger charge is 2.37. The lowest BCUT2D eigenvalue weighted by Gasteiger charge is -2.22. The zero-order chi connectivity index (χ0) is 31.5. The first-order valence-corrected chi connectivity index (χ1v) is 12.8. The number of pyridine rings is 1. The van der Waals surface area contributed by atoms with E-state index in [1.807, 2.05) is 0 Å². The van der Waals surface area contributed by atoms with Gasteiger partial charge in [-0.05, 0) is 50.3 Å². The van der Waals surface area contributed by atoms with Gasteiger partial charge in [0.15, 0.2) is 5.82 Å². The number of hydrogen-bond donors (Lipinski definition) is 3. The Morgan fingerprint density at radius 3 is 2.44 bits per heavy atom. The molecule has 4 aromatic rings. The number of aromatic nitrogens is 5. The summed E-state index contributed by atoms with van der Waals surface area (Å²) in [5, 5.41) is 17.9. The Bertz CT molecular complexity index is 1700. The summed E-state index contributed by atoms with van der Waals surface area (Å²) in [6.07, 6.45) is -0.105. The van der Waals surface area contributed by atoms with Crippen LogP contribution < -0.4 is 16.4 Å². The van der Waals surface area contributed by atoms with Crippen LogP contribution in [-0.4, -0.2) is 49.1 Å². The molecule has 0 aliphatic rings. The maximum absolute atomic E-state index is 15.0. The van der Waals surface area contributed by atoms with Crippen molar-refractivity contribution < 1.29 is 36.2 Å². The molecule has 0 aliphatic carbocycles. The van der Waals surface area contributed by atoms with E-state index in [1.54, 1.807) is 25.0 Å². The first-order valence-electron chi connectivity index (χ1n) is 12.8. The summed E-state index contributed by atoms with van der Waals surface area (Å²) in [5.74, 6) is -0.718. The van der Waals surface area contributed by atoms with Crippen LogP contribution in [0.3, 0.4) is 0 Å². The van der Waals surface area contributed by atoms with Crippen LogP contribution in [0.1, 0.15) is 37.8 Å². The predicted molar refractivity (Wildman–Crippen MR) is 143 cm³/mol. The third-order valence-electron chi connectivity index (χ3n) is 6.54. The quantitative estimate of drug-likeness (QED) is 0.212. The van der Waals surface area contributed by atoms with Gasteiger partial charge in [0.25, 0.3) is 11.1 Å². The second kappa shape index (κ2) is 12.5. The lowest BCUT2D eigenvalue weighted by Crippen LogP contribution is -2.32. The number of H-pyrrole nitrogens is 1. The number of nitrogens with zero attached hydrogens (tertiary/aromatic N) is 4. The molecule has 0 fully saturated rings. The maximum Gasteiger partial charge on any atom is 0.423 e. The van der Waals surface area contributed by atoms with Gasteiger partial charge in [-0.15, -0.1) is 0 Å². The summed E-state index contributed by atoms with van der Waals surface area (Å²) in [6.45, 7) is -0.800. The van der Waals surface area contributed by atoms with E-state index in [0.29, 0.717) is 17.1 Å². The fourth-order valence-corrected chi connectivity index (χ4v) is 4.34. The number of fused-ring (bicyclic) bond motifs is 1. The highest BCUT2D eigenvalue weighted by molar-refractivity contribution is 5.86. The van der Waals surface area contributed by atoms with Gasteiger partial charge in [-0.1, -0.05) is 0 Å². The first-order chi connectivity index (χ1) is 20.1. The van der Waals surface area contributed by atoms with Gasteiger partial charge in [0.1, 0.15) is 11.4 Å². The zero-order valence-electron chi connectivity index (χ0n) is 22.8. The number of hydrogen-bond acceptors (Lipinski definition) is 8. The highest BCUT2D eigenvalue weighted by Crippen LogP contribution is 2.32. The number of aryl methyl sites for hydroxylation is 1. The Morgan fingerprint density at radius 1 is 1.12 bits per heavy atom. The molecule has 16 heteroatoms. The average molecular weight is 613 g/mol. The van der Waals surface area contributed by atoms with Gasteiger partial charge in [-0.25, -0.2) is 19.5 Å². The van der Waals surface area contributed by atoms with Crippen LogP contribution in [0.15, 0.2) is 52.6 Å². The van der Waals surface area contributed by atoms with Crippen molar-refractivity contribution in [1.29, 1.82) is 0 Å². The van der Waals surface area contributed by atoms with Crippen molar-refractivity contribution in [2.75, 3.05) is 11.9 Å². The van der Waals surface area contributed by atoms with Crippen LogP contribution in [0.4, 0.5) is 32.0 Å². The summed E-state index contributed by atoms with van der Waals surface area (Å²) in [4.78, 5) is 33.1. The van der Waals surface area contributed by atoms with E-state index >= 15 is 4.39 Å². The SMILES string of the molecule is CC(C)(O)c1cnc(-c2cc3ccn(CCCC(COC(F)F)Nc4cn[nH]c(=O)c4C(F)(F)F)c(=O)c3cc2F)nc1. The van der Waals surface area contributed by atoms with Gasteiger partial charge >= 0.3 is 12.8 Å². The van der Waals surface area contributed by atoms with E-state index in [0.717, 1.165) is 6.07 Å². The minimum atomic E-state index is -5.05. The van der Waals surface area contributed by atoms with Crippen molar-refractivity contribution in [1.82, 2.24) is 24.7 Å². The summed E-state index contributed by atoms with van der Waals surface area (Å²) in [6, 6.07) is 2.89. The Balaban J connectivity index is 1.52. The van der Waals surface area contributed by atoms with Crippen molar-refractivity contribution in [3.05, 3.63) is 80.6 Å². The monoisotopic (exact) mass is 612 g/mol. The largest absolute Gasteiger partial charge is 0.423 e. The van der Waals surface area contributed by atoms with Crippen molar-refractivity contribution in [2.45, 2.75) is 57.7 Å². The van der Waals surface area contributed by atoms with Crippen LogP contribution in [0.2, 0.25) is 0 Å². The van der Waals surface area contributed by atoms with Crippen molar-refractivity contribution in [2.24, 2.45) is 0 Å². The smallest absolute Gasteiger partial charge is 0.386 e. The van der Waals surface area contributed by atoms with E-state index in [4.69, 9.17) is 0 Å². The van der Waals surface area contributed by atoms with E-state index < -0.39 is 59.2 Å². The number of benzene rings is 1. The maximum atomic E-state index is 15.0. The molecule has 3 heterocycles. The summed E-state index contributed by atoms with van der Waals surface area (Å²) in [7, 11) is 0. The van der Waals surface area contributed by atoms with Crippen LogP contribution in [0.25, 0.3) is 22.2 Å². The third kappa shape index (κ3) is 7.56. The number of anilines is 1. The van der Waals surface area contributed by atoms with Crippen LogP contribution in [0.5, 0.6) is 0 Å². The Morgan fingerprint density at radius 2 is 1.81 bits per heavy atom. The van der Waals surface area contributed by atoms with Crippen molar-refractivity contribution >= 4 is 16.5 Å². The molecule has 1 aromatic carbocycles. The van der Waals surface area contributed by atoms with E-state index in [9.17, 15) is 36.6 Å². The number of aromatic amines is 1. The number of nitrogens with one attached hydrogen (secondary N) is 2. The minimum Gasteiger partial charge on any atom is -0.386 e. The van der Waals surface area contributed by atoms with Gasteiger partial charge in [-0.3, -0.25) is 9.59 Å². The van der Waals surface area contributed by atoms with Crippen molar-refractivity contribution in [3.8, 4) is 11.4 Å². The molecule has 230 valence electrons. The van der Waals surface area contributed by atoms with Crippen LogP contribution in [-0.2, 0) is 23.1 Å². The van der Waals surface area contributed by atoms with E-state index in [2.05, 4.69) is 25.1 Å². The summed E-state index contributed by atoms with van der Waals surface area (Å²) >= 11 is 0. The molecule has 4 rings (SSSR count). The molecule has 0 aliphatic heterocycles. The minimum absolute atomic E-state index is 0.00622. The molecule has 0 amide bonds. The summed E-state index contributed by atoms with van der Waals surface area (Å²) < 4.78 is 86.2. The number of aliphatic hydroxyl groups is 1. The molecule has 0 saturated heterocycles. The zero-order valence-corrected chi connectivity index (χ0v) is 22.8. The molecule has 3 aromatic heterocycles. The van der Waals surface area contributed by atoms with Crippen molar-refractivity contribution in [3.63, 3.8) is 0 Å². The number of halogens is 6. The molecule has 0 saturated carbocycles. The topological polar surface area (TPSA) is 135 Å². The second-order valence-corrected chi connectivity index (χ2v) is 10.2. The average Bonchev–Trinajstić information content (AvgIpc) is 2.91. The third-order valence-corrected chi connectivity index (χ3v) is 6.54. The molecule has 43 heavy (non-hydrogen) atoms. The van der Waals surface area contributed by atoms with Gasteiger partial charge in [0.05, 0.1) is 35.0 Å². The highest BCUT2D eigenvalue weighted by atomic mass is 19.4. The predicted octanol–water partition coefficient (Wildman–Crippen LogP) is 4.43. The molecular formula is C27H26F6N6O4. The molecule has 0 spiro atoms. The Hall–Kier alpha value is -4.31. The first kappa shape index (κ1) is 31.6. The second-order valence-electron chi connectivity index (χ2n) is 10.2. The normalized spacial score (nSPS) is 13.1. The Kier molecular flexibility index (Phi) is 9.20. The van der Waals surface area contributed by atoms with Crippen LogP contribution >= 0.6 is 0 Å². The molecule has 0 radical (unpaired) electrons.